The molecule has 1 saturated heterocycles. The summed E-state index contributed by atoms with van der Waals surface area (Å²) < 4.78 is 28.6. The predicted molar refractivity (Wildman–Crippen MR) is 72.5 cm³/mol. The largest absolute Gasteiger partial charge is 0.330 e. The fourth-order valence-corrected chi connectivity index (χ4v) is 2.74. The molecule has 0 amide bonds. The van der Waals surface area contributed by atoms with Gasteiger partial charge in [0.25, 0.3) is 0 Å². The Morgan fingerprint density at radius 3 is 3.00 bits per heavy atom. The molecule has 2 aromatic rings. The zero-order valence-electron chi connectivity index (χ0n) is 11.1. The molecule has 106 valence electrons. The van der Waals surface area contributed by atoms with Crippen molar-refractivity contribution in [3.05, 3.63) is 53.6 Å². The normalized spacial score (nSPS) is 19.2. The SMILES string of the molecule is Fc1ccc(Cn2cncc2C2CCCNC2)c(F)c1. The quantitative estimate of drug-likeness (QED) is 0.934. The molecule has 0 saturated carbocycles. The minimum atomic E-state index is -0.548. The third-order valence-corrected chi connectivity index (χ3v) is 3.82. The van der Waals surface area contributed by atoms with Gasteiger partial charge in [0.05, 0.1) is 12.9 Å². The molecule has 3 nitrogen and oxygen atoms in total. The van der Waals surface area contributed by atoms with Gasteiger partial charge >= 0.3 is 0 Å². The lowest BCUT2D eigenvalue weighted by Gasteiger charge is -2.23. The van der Waals surface area contributed by atoms with Crippen molar-refractivity contribution >= 4 is 0 Å². The molecule has 1 aliphatic rings. The van der Waals surface area contributed by atoms with E-state index < -0.39 is 11.6 Å². The maximum Gasteiger partial charge on any atom is 0.131 e. The van der Waals surface area contributed by atoms with Gasteiger partial charge in [-0.25, -0.2) is 13.8 Å². The first-order chi connectivity index (χ1) is 9.74. The molecule has 1 aromatic heterocycles. The summed E-state index contributed by atoms with van der Waals surface area (Å²) in [5.41, 5.74) is 1.59. The molecule has 3 rings (SSSR count). The van der Waals surface area contributed by atoms with Gasteiger partial charge in [-0.1, -0.05) is 6.07 Å². The number of halogens is 2. The monoisotopic (exact) mass is 277 g/mol. The molecule has 1 fully saturated rings. The number of nitrogens with zero attached hydrogens (tertiary/aromatic N) is 2. The molecule has 0 radical (unpaired) electrons. The molecule has 5 heteroatoms. The van der Waals surface area contributed by atoms with Crippen LogP contribution in [0.4, 0.5) is 8.78 Å². The average Bonchev–Trinajstić information content (AvgIpc) is 2.91. The Kier molecular flexibility index (Phi) is 3.78. The van der Waals surface area contributed by atoms with Crippen LogP contribution in [-0.4, -0.2) is 22.6 Å². The predicted octanol–water partition coefficient (Wildman–Crippen LogP) is 2.68. The molecular weight excluding hydrogens is 260 g/mol. The lowest BCUT2D eigenvalue weighted by molar-refractivity contribution is 0.443. The first kappa shape index (κ1) is 13.2. The number of hydrogen-bond donors (Lipinski definition) is 1. The van der Waals surface area contributed by atoms with Crippen molar-refractivity contribution in [2.75, 3.05) is 13.1 Å². The second-order valence-electron chi connectivity index (χ2n) is 5.23. The number of benzene rings is 1. The topological polar surface area (TPSA) is 29.9 Å². The van der Waals surface area contributed by atoms with Crippen LogP contribution in [0, 0.1) is 11.6 Å². The van der Waals surface area contributed by atoms with Crippen molar-refractivity contribution in [2.24, 2.45) is 0 Å². The number of rotatable bonds is 3. The Morgan fingerprint density at radius 1 is 1.35 bits per heavy atom. The van der Waals surface area contributed by atoms with E-state index in [1.165, 1.54) is 12.1 Å². The highest BCUT2D eigenvalue weighted by atomic mass is 19.1. The summed E-state index contributed by atoms with van der Waals surface area (Å²) in [6.07, 6.45) is 5.82. The Balaban J connectivity index is 1.82. The van der Waals surface area contributed by atoms with E-state index in [1.807, 2.05) is 10.8 Å². The summed E-state index contributed by atoms with van der Waals surface area (Å²) in [6, 6.07) is 3.71. The van der Waals surface area contributed by atoms with Crippen LogP contribution >= 0.6 is 0 Å². The fourth-order valence-electron chi connectivity index (χ4n) is 2.74. The number of hydrogen-bond acceptors (Lipinski definition) is 2. The van der Waals surface area contributed by atoms with E-state index >= 15 is 0 Å². The Bertz CT molecular complexity index is 589. The first-order valence-electron chi connectivity index (χ1n) is 6.88. The minimum Gasteiger partial charge on any atom is -0.330 e. The van der Waals surface area contributed by atoms with Crippen molar-refractivity contribution in [3.8, 4) is 0 Å². The van der Waals surface area contributed by atoms with Crippen LogP contribution in [0.2, 0.25) is 0 Å². The molecule has 0 aliphatic carbocycles. The number of piperidine rings is 1. The summed E-state index contributed by atoms with van der Waals surface area (Å²) >= 11 is 0. The molecular formula is C15H17F2N3. The molecule has 1 unspecified atom stereocenters. The number of aromatic nitrogens is 2. The summed E-state index contributed by atoms with van der Waals surface area (Å²) in [4.78, 5) is 4.18. The van der Waals surface area contributed by atoms with Gasteiger partial charge < -0.3 is 9.88 Å². The van der Waals surface area contributed by atoms with E-state index in [0.29, 0.717) is 18.0 Å². The molecule has 1 aliphatic heterocycles. The highest BCUT2D eigenvalue weighted by Crippen LogP contribution is 2.24. The zero-order chi connectivity index (χ0) is 13.9. The molecule has 0 bridgehead atoms. The molecule has 1 atom stereocenters. The van der Waals surface area contributed by atoms with Gasteiger partial charge in [-0.05, 0) is 25.5 Å². The van der Waals surface area contributed by atoms with Crippen molar-refractivity contribution < 1.29 is 8.78 Å². The van der Waals surface area contributed by atoms with Gasteiger partial charge in [0.15, 0.2) is 0 Å². The van der Waals surface area contributed by atoms with E-state index in [4.69, 9.17) is 0 Å². The maximum atomic E-state index is 13.7. The van der Waals surface area contributed by atoms with Crippen LogP contribution in [0.1, 0.15) is 30.0 Å². The van der Waals surface area contributed by atoms with Gasteiger partial charge in [-0.3, -0.25) is 0 Å². The van der Waals surface area contributed by atoms with Crippen molar-refractivity contribution in [3.63, 3.8) is 0 Å². The first-order valence-corrected chi connectivity index (χ1v) is 6.88. The second kappa shape index (κ2) is 5.71. The average molecular weight is 277 g/mol. The lowest BCUT2D eigenvalue weighted by atomic mass is 9.96. The molecule has 0 spiro atoms. The van der Waals surface area contributed by atoms with Crippen LogP contribution < -0.4 is 5.32 Å². The molecule has 20 heavy (non-hydrogen) atoms. The van der Waals surface area contributed by atoms with E-state index in [0.717, 1.165) is 37.7 Å². The highest BCUT2D eigenvalue weighted by Gasteiger charge is 2.19. The maximum absolute atomic E-state index is 13.7. The van der Waals surface area contributed by atoms with Crippen molar-refractivity contribution in [1.29, 1.82) is 0 Å². The highest BCUT2D eigenvalue weighted by molar-refractivity contribution is 5.20. The van der Waals surface area contributed by atoms with E-state index in [9.17, 15) is 8.78 Å². The van der Waals surface area contributed by atoms with Gasteiger partial charge in [0, 0.05) is 36.0 Å². The van der Waals surface area contributed by atoms with Crippen molar-refractivity contribution in [2.45, 2.75) is 25.3 Å². The summed E-state index contributed by atoms with van der Waals surface area (Å²) in [5.74, 6) is -0.644. The summed E-state index contributed by atoms with van der Waals surface area (Å²) in [5, 5.41) is 3.37. The van der Waals surface area contributed by atoms with Crippen LogP contribution in [0.15, 0.2) is 30.7 Å². The third-order valence-electron chi connectivity index (χ3n) is 3.82. The lowest BCUT2D eigenvalue weighted by Crippen LogP contribution is -2.29. The van der Waals surface area contributed by atoms with Gasteiger partial charge in [0.1, 0.15) is 11.6 Å². The zero-order valence-corrected chi connectivity index (χ0v) is 11.1. The Labute approximate surface area is 116 Å². The molecule has 1 aromatic carbocycles. The van der Waals surface area contributed by atoms with Gasteiger partial charge in [-0.15, -0.1) is 0 Å². The minimum absolute atomic E-state index is 0.387. The smallest absolute Gasteiger partial charge is 0.131 e. The summed E-state index contributed by atoms with van der Waals surface area (Å²) in [7, 11) is 0. The van der Waals surface area contributed by atoms with Crippen LogP contribution in [0.3, 0.4) is 0 Å². The van der Waals surface area contributed by atoms with E-state index in [2.05, 4.69) is 10.3 Å². The van der Waals surface area contributed by atoms with Gasteiger partial charge in [0.2, 0.25) is 0 Å². The molecule has 2 heterocycles. The standard InChI is InChI=1S/C15H17F2N3/c16-13-4-3-12(14(17)6-13)9-20-10-19-8-15(20)11-2-1-5-18-7-11/h3-4,6,8,10-11,18H,1-2,5,7,9H2. The van der Waals surface area contributed by atoms with E-state index in [-0.39, 0.29) is 0 Å². The van der Waals surface area contributed by atoms with Crippen LogP contribution in [0.25, 0.3) is 0 Å². The Morgan fingerprint density at radius 2 is 2.25 bits per heavy atom. The number of nitrogens with one attached hydrogen (secondary N) is 1. The fraction of sp³-hybridized carbons (Fsp3) is 0.400. The van der Waals surface area contributed by atoms with Crippen molar-refractivity contribution in [1.82, 2.24) is 14.9 Å². The van der Waals surface area contributed by atoms with Crippen LogP contribution in [0.5, 0.6) is 0 Å². The number of imidazole rings is 1. The Hall–Kier alpha value is -1.75. The molecule has 1 N–H and O–H groups in total. The van der Waals surface area contributed by atoms with Gasteiger partial charge in [-0.2, -0.15) is 0 Å². The van der Waals surface area contributed by atoms with E-state index in [1.54, 1.807) is 6.33 Å². The van der Waals surface area contributed by atoms with Crippen LogP contribution in [-0.2, 0) is 6.54 Å². The summed E-state index contributed by atoms with van der Waals surface area (Å²) in [6.45, 7) is 2.37. The third kappa shape index (κ3) is 2.72. The second-order valence-corrected chi connectivity index (χ2v) is 5.23.